The van der Waals surface area contributed by atoms with Gasteiger partial charge in [0.2, 0.25) is 5.91 Å². The van der Waals surface area contributed by atoms with E-state index in [4.69, 9.17) is 0 Å². The summed E-state index contributed by atoms with van der Waals surface area (Å²) in [4.78, 5) is 13.0. The standard InChI is InChI=1S/C10H18F2N2O/c1-3-5-9-13-7(4-2)10(15)14(9)6-8(11)12/h7-9,13H,3-6H2,1-2H3. The summed E-state index contributed by atoms with van der Waals surface area (Å²) in [6, 6.07) is -0.278. The molecule has 5 heteroatoms. The summed E-state index contributed by atoms with van der Waals surface area (Å²) in [5, 5.41) is 3.09. The molecule has 2 atom stereocenters. The van der Waals surface area contributed by atoms with Crippen molar-refractivity contribution in [2.24, 2.45) is 0 Å². The molecule has 88 valence electrons. The van der Waals surface area contributed by atoms with Gasteiger partial charge in [-0.3, -0.25) is 10.1 Å². The summed E-state index contributed by atoms with van der Waals surface area (Å²) >= 11 is 0. The molecule has 0 spiro atoms. The lowest BCUT2D eigenvalue weighted by molar-refractivity contribution is -0.132. The fraction of sp³-hybridized carbons (Fsp3) is 0.900. The van der Waals surface area contributed by atoms with Gasteiger partial charge >= 0.3 is 0 Å². The lowest BCUT2D eigenvalue weighted by Gasteiger charge is -2.23. The number of halogens is 2. The Balaban J connectivity index is 2.65. The van der Waals surface area contributed by atoms with Gasteiger partial charge in [-0.05, 0) is 12.8 Å². The van der Waals surface area contributed by atoms with Crippen LogP contribution in [-0.4, -0.2) is 36.0 Å². The molecule has 0 aromatic heterocycles. The topological polar surface area (TPSA) is 32.3 Å². The van der Waals surface area contributed by atoms with Gasteiger partial charge < -0.3 is 4.90 Å². The van der Waals surface area contributed by atoms with E-state index >= 15 is 0 Å². The zero-order valence-corrected chi connectivity index (χ0v) is 9.17. The first-order valence-electron chi connectivity index (χ1n) is 5.44. The van der Waals surface area contributed by atoms with E-state index in [0.29, 0.717) is 6.42 Å². The van der Waals surface area contributed by atoms with Gasteiger partial charge in [0.15, 0.2) is 0 Å². The number of carbonyl (C=O) groups is 1. The lowest BCUT2D eigenvalue weighted by Crippen LogP contribution is -2.40. The Morgan fingerprint density at radius 3 is 2.60 bits per heavy atom. The smallest absolute Gasteiger partial charge is 0.255 e. The van der Waals surface area contributed by atoms with Crippen LogP contribution >= 0.6 is 0 Å². The molecule has 2 unspecified atom stereocenters. The Kier molecular flexibility index (Phi) is 4.45. The van der Waals surface area contributed by atoms with E-state index in [-0.39, 0.29) is 18.1 Å². The molecule has 0 aromatic rings. The number of nitrogens with one attached hydrogen (secondary N) is 1. The van der Waals surface area contributed by atoms with E-state index in [0.717, 1.165) is 12.8 Å². The van der Waals surface area contributed by atoms with Gasteiger partial charge in [0.25, 0.3) is 6.43 Å². The highest BCUT2D eigenvalue weighted by molar-refractivity contribution is 5.84. The predicted octanol–water partition coefficient (Wildman–Crippen LogP) is 1.59. The van der Waals surface area contributed by atoms with Crippen molar-refractivity contribution >= 4 is 5.91 Å². The summed E-state index contributed by atoms with van der Waals surface area (Å²) in [6.07, 6.45) is -0.401. The minimum Gasteiger partial charge on any atom is -0.320 e. The van der Waals surface area contributed by atoms with Crippen LogP contribution in [0.15, 0.2) is 0 Å². The van der Waals surface area contributed by atoms with Gasteiger partial charge in [0.1, 0.15) is 0 Å². The van der Waals surface area contributed by atoms with Crippen molar-refractivity contribution in [3.8, 4) is 0 Å². The molecule has 1 saturated heterocycles. The molecule has 0 saturated carbocycles. The molecule has 1 aliphatic rings. The molecule has 0 radical (unpaired) electrons. The first kappa shape index (κ1) is 12.4. The van der Waals surface area contributed by atoms with Gasteiger partial charge in [-0.2, -0.15) is 0 Å². The van der Waals surface area contributed by atoms with Crippen LogP contribution in [0.2, 0.25) is 0 Å². The van der Waals surface area contributed by atoms with Crippen LogP contribution in [0.25, 0.3) is 0 Å². The number of hydrogen-bond acceptors (Lipinski definition) is 2. The first-order valence-corrected chi connectivity index (χ1v) is 5.44. The van der Waals surface area contributed by atoms with Crippen molar-refractivity contribution in [3.05, 3.63) is 0 Å². The quantitative estimate of drug-likeness (QED) is 0.763. The van der Waals surface area contributed by atoms with E-state index < -0.39 is 13.0 Å². The molecule has 3 nitrogen and oxygen atoms in total. The number of hydrogen-bond donors (Lipinski definition) is 1. The van der Waals surface area contributed by atoms with E-state index in [1.807, 2.05) is 13.8 Å². The van der Waals surface area contributed by atoms with Gasteiger partial charge in [-0.1, -0.05) is 20.3 Å². The fourth-order valence-corrected chi connectivity index (χ4v) is 1.92. The highest BCUT2D eigenvalue weighted by Crippen LogP contribution is 2.18. The highest BCUT2D eigenvalue weighted by atomic mass is 19.3. The summed E-state index contributed by atoms with van der Waals surface area (Å²) in [5.41, 5.74) is 0. The Morgan fingerprint density at radius 2 is 2.13 bits per heavy atom. The number of alkyl halides is 2. The monoisotopic (exact) mass is 220 g/mol. The van der Waals surface area contributed by atoms with Crippen LogP contribution in [-0.2, 0) is 4.79 Å². The molecule has 0 bridgehead atoms. The Morgan fingerprint density at radius 1 is 1.47 bits per heavy atom. The summed E-state index contributed by atoms with van der Waals surface area (Å²) in [5.74, 6) is -0.184. The molecule has 1 aliphatic heterocycles. The van der Waals surface area contributed by atoms with Crippen molar-refractivity contribution in [2.75, 3.05) is 6.54 Å². The van der Waals surface area contributed by atoms with E-state index in [1.54, 1.807) is 0 Å². The second kappa shape index (κ2) is 5.39. The number of amides is 1. The third-order valence-corrected chi connectivity index (χ3v) is 2.66. The van der Waals surface area contributed by atoms with Gasteiger partial charge in [0, 0.05) is 0 Å². The number of rotatable bonds is 5. The zero-order valence-electron chi connectivity index (χ0n) is 9.17. The minimum atomic E-state index is -2.45. The second-order valence-corrected chi connectivity index (χ2v) is 3.81. The maximum atomic E-state index is 12.3. The average molecular weight is 220 g/mol. The Labute approximate surface area is 88.8 Å². The van der Waals surface area contributed by atoms with Crippen LogP contribution < -0.4 is 5.32 Å². The van der Waals surface area contributed by atoms with Crippen molar-refractivity contribution in [1.29, 1.82) is 0 Å². The number of nitrogens with zero attached hydrogens (tertiary/aromatic N) is 1. The zero-order chi connectivity index (χ0) is 11.4. The van der Waals surface area contributed by atoms with Gasteiger partial charge in [0.05, 0.1) is 18.8 Å². The van der Waals surface area contributed by atoms with Crippen LogP contribution in [0, 0.1) is 0 Å². The van der Waals surface area contributed by atoms with E-state index in [9.17, 15) is 13.6 Å². The fourth-order valence-electron chi connectivity index (χ4n) is 1.92. The van der Waals surface area contributed by atoms with E-state index in [2.05, 4.69) is 5.32 Å². The van der Waals surface area contributed by atoms with Gasteiger partial charge in [-0.15, -0.1) is 0 Å². The molecule has 0 aromatic carbocycles. The highest BCUT2D eigenvalue weighted by Gasteiger charge is 2.38. The van der Waals surface area contributed by atoms with Crippen LogP contribution in [0.3, 0.4) is 0 Å². The van der Waals surface area contributed by atoms with Crippen molar-refractivity contribution in [3.63, 3.8) is 0 Å². The molecular weight excluding hydrogens is 202 g/mol. The molecule has 1 fully saturated rings. The van der Waals surface area contributed by atoms with Crippen molar-refractivity contribution < 1.29 is 13.6 Å². The molecule has 1 heterocycles. The minimum absolute atomic E-state index is 0.184. The SMILES string of the molecule is CCCC1NC(CC)C(=O)N1CC(F)F. The normalized spacial score (nSPS) is 26.7. The molecule has 0 aliphatic carbocycles. The Hall–Kier alpha value is -0.710. The second-order valence-electron chi connectivity index (χ2n) is 3.81. The predicted molar refractivity (Wildman–Crippen MR) is 53.6 cm³/mol. The summed E-state index contributed by atoms with van der Waals surface area (Å²) in [6.45, 7) is 3.41. The molecule has 1 amide bonds. The average Bonchev–Trinajstić information content (AvgIpc) is 2.46. The third-order valence-electron chi connectivity index (χ3n) is 2.66. The molecular formula is C10H18F2N2O. The maximum Gasteiger partial charge on any atom is 0.255 e. The largest absolute Gasteiger partial charge is 0.320 e. The molecule has 1 N–H and O–H groups in total. The lowest BCUT2D eigenvalue weighted by atomic mass is 10.2. The Bertz CT molecular complexity index is 223. The van der Waals surface area contributed by atoms with Crippen LogP contribution in [0.1, 0.15) is 33.1 Å². The van der Waals surface area contributed by atoms with Crippen LogP contribution in [0.5, 0.6) is 0 Å². The summed E-state index contributed by atoms with van der Waals surface area (Å²) in [7, 11) is 0. The van der Waals surface area contributed by atoms with Crippen molar-refractivity contribution in [1.82, 2.24) is 10.2 Å². The maximum absolute atomic E-state index is 12.3. The van der Waals surface area contributed by atoms with Crippen molar-refractivity contribution in [2.45, 2.75) is 51.7 Å². The van der Waals surface area contributed by atoms with Gasteiger partial charge in [-0.25, -0.2) is 8.78 Å². The molecule has 15 heavy (non-hydrogen) atoms. The summed E-state index contributed by atoms with van der Waals surface area (Å²) < 4.78 is 24.6. The number of carbonyl (C=O) groups excluding carboxylic acids is 1. The van der Waals surface area contributed by atoms with Crippen LogP contribution in [0.4, 0.5) is 8.78 Å². The van der Waals surface area contributed by atoms with E-state index in [1.165, 1.54) is 4.90 Å². The molecule has 1 rings (SSSR count). The first-order chi connectivity index (χ1) is 7.10. The third kappa shape index (κ3) is 2.87.